The van der Waals surface area contributed by atoms with E-state index in [1.165, 1.54) is 0 Å². The van der Waals surface area contributed by atoms with Crippen LogP contribution in [0.2, 0.25) is 0 Å². The number of hydrogen-bond acceptors (Lipinski definition) is 5. The van der Waals surface area contributed by atoms with Crippen LogP contribution >= 0.6 is 0 Å². The van der Waals surface area contributed by atoms with Crippen molar-refractivity contribution in [3.8, 4) is 11.5 Å². The monoisotopic (exact) mass is 359 g/mol. The Morgan fingerprint density at radius 3 is 2.85 bits per heavy atom. The highest BCUT2D eigenvalue weighted by atomic mass is 16.7. The molecule has 0 fully saturated rings. The Kier molecular flexibility index (Phi) is 3.67. The number of fused-ring (bicyclic) bond motifs is 2. The molecule has 2 aromatic carbocycles. The van der Waals surface area contributed by atoms with Crippen LogP contribution < -0.4 is 14.8 Å². The average Bonchev–Trinajstić information content (AvgIpc) is 3.18. The lowest BCUT2D eigenvalue weighted by molar-refractivity contribution is 0.0666. The van der Waals surface area contributed by atoms with Crippen molar-refractivity contribution in [1.29, 1.82) is 0 Å². The van der Waals surface area contributed by atoms with Crippen LogP contribution in [-0.4, -0.2) is 22.6 Å². The van der Waals surface area contributed by atoms with E-state index in [2.05, 4.69) is 10.3 Å². The summed E-state index contributed by atoms with van der Waals surface area (Å²) in [5, 5.41) is 3.48. The second-order valence-electron chi connectivity index (χ2n) is 6.50. The number of anilines is 1. The summed E-state index contributed by atoms with van der Waals surface area (Å²) in [5.41, 5.74) is 3.40. The molecule has 0 spiro atoms. The second-order valence-corrected chi connectivity index (χ2v) is 6.50. The van der Waals surface area contributed by atoms with Crippen LogP contribution in [0, 0.1) is 0 Å². The van der Waals surface area contributed by atoms with Gasteiger partial charge in [-0.05, 0) is 35.9 Å². The number of ether oxygens (including phenoxy) is 2. The number of carbonyl (C=O) groups excluding carboxylic acids is 1. The molecule has 1 unspecified atom stereocenters. The number of benzene rings is 2. The van der Waals surface area contributed by atoms with Gasteiger partial charge in [0.2, 0.25) is 6.79 Å². The van der Waals surface area contributed by atoms with Gasteiger partial charge in [0.25, 0.3) is 5.91 Å². The van der Waals surface area contributed by atoms with Crippen LogP contribution in [-0.2, 0) is 6.54 Å². The van der Waals surface area contributed by atoms with Crippen LogP contribution in [0.25, 0.3) is 0 Å². The highest BCUT2D eigenvalue weighted by Crippen LogP contribution is 2.36. The summed E-state index contributed by atoms with van der Waals surface area (Å²) in [5.74, 6) is 1.43. The quantitative estimate of drug-likeness (QED) is 0.774. The van der Waals surface area contributed by atoms with Crippen molar-refractivity contribution in [2.24, 2.45) is 0 Å². The predicted octanol–water partition coefficient (Wildman–Crippen LogP) is 3.58. The highest BCUT2D eigenvalue weighted by molar-refractivity contribution is 6.01. The molecule has 0 bridgehead atoms. The largest absolute Gasteiger partial charge is 0.454 e. The molecule has 0 saturated heterocycles. The molecule has 1 amide bonds. The number of nitrogens with one attached hydrogen (secondary N) is 1. The molecule has 1 N–H and O–H groups in total. The third kappa shape index (κ3) is 2.75. The maximum absolute atomic E-state index is 13.2. The van der Waals surface area contributed by atoms with Gasteiger partial charge in [0.15, 0.2) is 11.5 Å². The van der Waals surface area contributed by atoms with Crippen molar-refractivity contribution in [1.82, 2.24) is 9.88 Å². The predicted molar refractivity (Wildman–Crippen MR) is 99.5 cm³/mol. The van der Waals surface area contributed by atoms with Gasteiger partial charge in [0.05, 0.1) is 5.56 Å². The van der Waals surface area contributed by atoms with E-state index >= 15 is 0 Å². The molecule has 6 nitrogen and oxygen atoms in total. The molecular weight excluding hydrogens is 342 g/mol. The third-order valence-corrected chi connectivity index (χ3v) is 4.81. The van der Waals surface area contributed by atoms with Gasteiger partial charge >= 0.3 is 0 Å². The Morgan fingerprint density at radius 1 is 1.07 bits per heavy atom. The maximum atomic E-state index is 13.2. The van der Waals surface area contributed by atoms with E-state index in [4.69, 9.17) is 9.47 Å². The lowest BCUT2D eigenvalue weighted by Gasteiger charge is -2.38. The summed E-state index contributed by atoms with van der Waals surface area (Å²) in [7, 11) is 0. The third-order valence-electron chi connectivity index (χ3n) is 4.81. The van der Waals surface area contributed by atoms with Gasteiger partial charge in [-0.15, -0.1) is 0 Å². The number of pyridine rings is 1. The van der Waals surface area contributed by atoms with Crippen LogP contribution in [0.3, 0.4) is 0 Å². The van der Waals surface area contributed by atoms with E-state index in [9.17, 15) is 4.79 Å². The molecule has 2 aliphatic heterocycles. The van der Waals surface area contributed by atoms with Crippen molar-refractivity contribution < 1.29 is 14.3 Å². The zero-order valence-corrected chi connectivity index (χ0v) is 14.5. The van der Waals surface area contributed by atoms with Gasteiger partial charge in [0, 0.05) is 30.2 Å². The Labute approximate surface area is 156 Å². The van der Waals surface area contributed by atoms with Gasteiger partial charge < -0.3 is 19.7 Å². The summed E-state index contributed by atoms with van der Waals surface area (Å²) < 4.78 is 10.8. The molecule has 0 aliphatic carbocycles. The van der Waals surface area contributed by atoms with Crippen molar-refractivity contribution >= 4 is 11.6 Å². The summed E-state index contributed by atoms with van der Waals surface area (Å²) in [6, 6.07) is 17.2. The zero-order chi connectivity index (χ0) is 18.2. The average molecular weight is 359 g/mol. The fourth-order valence-corrected chi connectivity index (χ4v) is 3.49. The zero-order valence-electron chi connectivity index (χ0n) is 14.5. The smallest absolute Gasteiger partial charge is 0.258 e. The van der Waals surface area contributed by atoms with Crippen molar-refractivity contribution in [2.75, 3.05) is 12.1 Å². The van der Waals surface area contributed by atoms with Gasteiger partial charge in [0.1, 0.15) is 6.17 Å². The number of carbonyl (C=O) groups is 1. The lowest BCUT2D eigenvalue weighted by Crippen LogP contribution is -2.42. The molecule has 0 saturated carbocycles. The van der Waals surface area contributed by atoms with Gasteiger partial charge in [-0.25, -0.2) is 0 Å². The second kappa shape index (κ2) is 6.32. The Bertz CT molecular complexity index is 1010. The Balaban J connectivity index is 1.53. The molecular formula is C21H17N3O3. The van der Waals surface area contributed by atoms with Crippen molar-refractivity contribution in [3.63, 3.8) is 0 Å². The first-order valence-electron chi connectivity index (χ1n) is 8.74. The minimum absolute atomic E-state index is 0.0177. The van der Waals surface area contributed by atoms with Crippen LogP contribution in [0.4, 0.5) is 5.69 Å². The molecule has 1 atom stereocenters. The number of amides is 1. The molecule has 134 valence electrons. The standard InChI is InChI=1S/C21H17N3O3/c25-21-16-5-1-2-6-17(16)23-20(15-4-3-9-22-11-15)24(21)12-14-7-8-18-19(10-14)27-13-26-18/h1-11,20,23H,12-13H2. The first kappa shape index (κ1) is 15.7. The number of rotatable bonds is 3. The van der Waals surface area contributed by atoms with Crippen molar-refractivity contribution in [3.05, 3.63) is 83.7 Å². The lowest BCUT2D eigenvalue weighted by atomic mass is 10.0. The SMILES string of the molecule is O=C1c2ccccc2NC(c2cccnc2)N1Cc1ccc2c(c1)OCO2. The van der Waals surface area contributed by atoms with E-state index < -0.39 is 0 Å². The summed E-state index contributed by atoms with van der Waals surface area (Å²) in [4.78, 5) is 19.3. The fourth-order valence-electron chi connectivity index (χ4n) is 3.49. The maximum Gasteiger partial charge on any atom is 0.258 e. The summed E-state index contributed by atoms with van der Waals surface area (Å²) in [6.07, 6.45) is 3.21. The minimum Gasteiger partial charge on any atom is -0.454 e. The Hall–Kier alpha value is -3.54. The molecule has 1 aromatic heterocycles. The van der Waals surface area contributed by atoms with Gasteiger partial charge in [-0.3, -0.25) is 9.78 Å². The molecule has 6 heteroatoms. The normalized spacial score (nSPS) is 17.4. The minimum atomic E-state index is -0.300. The van der Waals surface area contributed by atoms with E-state index in [-0.39, 0.29) is 18.9 Å². The number of nitrogens with zero attached hydrogens (tertiary/aromatic N) is 2. The van der Waals surface area contributed by atoms with E-state index in [1.54, 1.807) is 12.4 Å². The summed E-state index contributed by atoms with van der Waals surface area (Å²) in [6.45, 7) is 0.672. The summed E-state index contributed by atoms with van der Waals surface area (Å²) >= 11 is 0. The molecule has 5 rings (SSSR count). The Morgan fingerprint density at radius 2 is 1.96 bits per heavy atom. The van der Waals surface area contributed by atoms with E-state index in [0.29, 0.717) is 17.9 Å². The molecule has 0 radical (unpaired) electrons. The van der Waals surface area contributed by atoms with Gasteiger partial charge in [-0.1, -0.05) is 24.3 Å². The first-order chi connectivity index (χ1) is 13.3. The number of hydrogen-bond donors (Lipinski definition) is 1. The van der Waals surface area contributed by atoms with E-state index in [1.807, 2.05) is 59.5 Å². The van der Waals surface area contributed by atoms with Crippen LogP contribution in [0.1, 0.15) is 27.7 Å². The molecule has 2 aliphatic rings. The first-order valence-corrected chi connectivity index (χ1v) is 8.74. The molecule has 3 heterocycles. The number of para-hydroxylation sites is 1. The number of aromatic nitrogens is 1. The van der Waals surface area contributed by atoms with Crippen LogP contribution in [0.5, 0.6) is 11.5 Å². The molecule has 3 aromatic rings. The van der Waals surface area contributed by atoms with Crippen molar-refractivity contribution in [2.45, 2.75) is 12.7 Å². The topological polar surface area (TPSA) is 63.7 Å². The fraction of sp³-hybridized carbons (Fsp3) is 0.143. The molecule has 27 heavy (non-hydrogen) atoms. The highest BCUT2D eigenvalue weighted by Gasteiger charge is 2.33. The van der Waals surface area contributed by atoms with Crippen LogP contribution in [0.15, 0.2) is 67.0 Å². The van der Waals surface area contributed by atoms with Gasteiger partial charge in [-0.2, -0.15) is 0 Å². The van der Waals surface area contributed by atoms with E-state index in [0.717, 1.165) is 22.6 Å².